The summed E-state index contributed by atoms with van der Waals surface area (Å²) in [4.78, 5) is 12.2. The van der Waals surface area contributed by atoms with Gasteiger partial charge in [-0.3, -0.25) is 10.1 Å². The van der Waals surface area contributed by atoms with Crippen LogP contribution >= 0.6 is 11.3 Å². The second kappa shape index (κ2) is 7.15. The van der Waals surface area contributed by atoms with Crippen molar-refractivity contribution in [2.75, 3.05) is 5.32 Å². The van der Waals surface area contributed by atoms with E-state index in [4.69, 9.17) is 0 Å². The fourth-order valence-corrected chi connectivity index (χ4v) is 3.37. The van der Waals surface area contributed by atoms with Crippen LogP contribution in [0.1, 0.15) is 40.2 Å². The molecule has 0 fully saturated rings. The molecule has 0 saturated carbocycles. The second-order valence-corrected chi connectivity index (χ2v) is 6.15. The number of nitrogens with one attached hydrogen (secondary N) is 1. The molecule has 116 valence electrons. The van der Waals surface area contributed by atoms with E-state index in [9.17, 15) is 4.79 Å². The molecule has 5 heteroatoms. The molecule has 1 unspecified atom stereocenters. The zero-order valence-electron chi connectivity index (χ0n) is 12.8. The lowest BCUT2D eigenvalue weighted by Gasteiger charge is -2.10. The smallest absolute Gasteiger partial charge is 0.257 e. The van der Waals surface area contributed by atoms with E-state index >= 15 is 0 Å². The van der Waals surface area contributed by atoms with Crippen LogP contribution in [0.2, 0.25) is 0 Å². The monoisotopic (exact) mass is 323 g/mol. The van der Waals surface area contributed by atoms with Crippen LogP contribution in [0.25, 0.3) is 0 Å². The Morgan fingerprint density at radius 2 is 1.70 bits per heavy atom. The topological polar surface area (TPSA) is 54.9 Å². The van der Waals surface area contributed by atoms with E-state index in [1.807, 2.05) is 36.4 Å². The molecule has 1 N–H and O–H groups in total. The lowest BCUT2D eigenvalue weighted by atomic mass is 9.97. The highest BCUT2D eigenvalue weighted by Crippen LogP contribution is 2.31. The Labute approximate surface area is 139 Å². The minimum absolute atomic E-state index is 0.166. The van der Waals surface area contributed by atoms with Gasteiger partial charge in [0, 0.05) is 11.5 Å². The van der Waals surface area contributed by atoms with Crippen LogP contribution in [-0.4, -0.2) is 16.1 Å². The standard InChI is InChI=1S/C18H17N3OS/c1-2-15(13-9-5-3-6-10-13)17-20-21-18(23-17)19-16(22)14-11-7-4-8-12-14/h3-12,15H,2H2,1H3,(H,19,21,22). The van der Waals surface area contributed by atoms with Gasteiger partial charge in [0.25, 0.3) is 5.91 Å². The van der Waals surface area contributed by atoms with Crippen molar-refractivity contribution in [2.45, 2.75) is 19.3 Å². The van der Waals surface area contributed by atoms with E-state index in [1.54, 1.807) is 12.1 Å². The maximum Gasteiger partial charge on any atom is 0.257 e. The fourth-order valence-electron chi connectivity index (χ4n) is 2.42. The highest BCUT2D eigenvalue weighted by molar-refractivity contribution is 7.15. The molecule has 0 aliphatic rings. The van der Waals surface area contributed by atoms with E-state index < -0.39 is 0 Å². The number of rotatable bonds is 5. The number of anilines is 1. The molecule has 0 aliphatic carbocycles. The van der Waals surface area contributed by atoms with Crippen molar-refractivity contribution in [3.63, 3.8) is 0 Å². The van der Waals surface area contributed by atoms with Gasteiger partial charge >= 0.3 is 0 Å². The fraction of sp³-hybridized carbons (Fsp3) is 0.167. The van der Waals surface area contributed by atoms with Crippen LogP contribution in [-0.2, 0) is 0 Å². The first-order valence-corrected chi connectivity index (χ1v) is 8.34. The van der Waals surface area contributed by atoms with E-state index in [0.717, 1.165) is 11.4 Å². The van der Waals surface area contributed by atoms with E-state index in [-0.39, 0.29) is 11.8 Å². The van der Waals surface area contributed by atoms with Gasteiger partial charge < -0.3 is 0 Å². The molecule has 4 nitrogen and oxygen atoms in total. The minimum Gasteiger partial charge on any atom is -0.296 e. The quantitative estimate of drug-likeness (QED) is 0.760. The molecule has 23 heavy (non-hydrogen) atoms. The molecule has 0 spiro atoms. The molecular weight excluding hydrogens is 306 g/mol. The Hall–Kier alpha value is -2.53. The van der Waals surface area contributed by atoms with Crippen LogP contribution in [0.15, 0.2) is 60.7 Å². The number of aromatic nitrogens is 2. The summed E-state index contributed by atoms with van der Waals surface area (Å²) in [5.74, 6) is 0.0390. The molecule has 0 saturated heterocycles. The van der Waals surface area contributed by atoms with Gasteiger partial charge in [0.1, 0.15) is 5.01 Å². The minimum atomic E-state index is -0.166. The molecule has 1 amide bonds. The Balaban J connectivity index is 1.76. The molecule has 0 radical (unpaired) electrons. The van der Waals surface area contributed by atoms with Crippen LogP contribution < -0.4 is 5.32 Å². The van der Waals surface area contributed by atoms with Gasteiger partial charge in [-0.05, 0) is 24.1 Å². The highest BCUT2D eigenvalue weighted by Gasteiger charge is 2.18. The van der Waals surface area contributed by atoms with Crippen molar-refractivity contribution < 1.29 is 4.79 Å². The lowest BCUT2D eigenvalue weighted by Crippen LogP contribution is -2.11. The summed E-state index contributed by atoms with van der Waals surface area (Å²) in [5.41, 5.74) is 1.83. The van der Waals surface area contributed by atoms with Crippen molar-refractivity contribution in [3.05, 3.63) is 76.8 Å². The van der Waals surface area contributed by atoms with Crippen molar-refractivity contribution in [1.82, 2.24) is 10.2 Å². The number of amides is 1. The van der Waals surface area contributed by atoms with Crippen LogP contribution in [0.3, 0.4) is 0 Å². The van der Waals surface area contributed by atoms with Crippen molar-refractivity contribution in [2.24, 2.45) is 0 Å². The number of hydrogen-bond donors (Lipinski definition) is 1. The van der Waals surface area contributed by atoms with Gasteiger partial charge in [-0.15, -0.1) is 10.2 Å². The lowest BCUT2D eigenvalue weighted by molar-refractivity contribution is 0.102. The first-order valence-electron chi connectivity index (χ1n) is 7.52. The van der Waals surface area contributed by atoms with Gasteiger partial charge in [0.2, 0.25) is 5.13 Å². The molecule has 1 aromatic heterocycles. The molecular formula is C18H17N3OS. The maximum absolute atomic E-state index is 12.2. The van der Waals surface area contributed by atoms with Crippen molar-refractivity contribution in [1.29, 1.82) is 0 Å². The summed E-state index contributed by atoms with van der Waals surface area (Å²) in [7, 11) is 0. The van der Waals surface area contributed by atoms with E-state index in [1.165, 1.54) is 16.9 Å². The number of carbonyl (C=O) groups is 1. The van der Waals surface area contributed by atoms with Crippen LogP contribution in [0.5, 0.6) is 0 Å². The first-order chi connectivity index (χ1) is 11.3. The van der Waals surface area contributed by atoms with Gasteiger partial charge in [-0.2, -0.15) is 0 Å². The Kier molecular flexibility index (Phi) is 4.78. The van der Waals surface area contributed by atoms with Crippen LogP contribution in [0.4, 0.5) is 5.13 Å². The summed E-state index contributed by atoms with van der Waals surface area (Å²) < 4.78 is 0. The normalized spacial score (nSPS) is 11.9. The number of benzene rings is 2. The molecule has 3 rings (SSSR count). The van der Waals surface area contributed by atoms with Gasteiger partial charge in [-0.25, -0.2) is 0 Å². The van der Waals surface area contributed by atoms with Gasteiger partial charge in [0.05, 0.1) is 0 Å². The largest absolute Gasteiger partial charge is 0.296 e. The average Bonchev–Trinajstić information content (AvgIpc) is 3.05. The third-order valence-corrected chi connectivity index (χ3v) is 4.56. The summed E-state index contributed by atoms with van der Waals surface area (Å²) in [6.45, 7) is 2.13. The highest BCUT2D eigenvalue weighted by atomic mass is 32.1. The number of nitrogens with zero attached hydrogens (tertiary/aromatic N) is 2. The average molecular weight is 323 g/mol. The van der Waals surface area contributed by atoms with Crippen molar-refractivity contribution >= 4 is 22.4 Å². The SMILES string of the molecule is CCC(c1ccccc1)c1nnc(NC(=O)c2ccccc2)s1. The molecule has 2 aromatic carbocycles. The molecule has 0 aliphatic heterocycles. The second-order valence-electron chi connectivity index (χ2n) is 5.14. The van der Waals surface area contributed by atoms with Crippen molar-refractivity contribution in [3.8, 4) is 0 Å². The molecule has 0 bridgehead atoms. The zero-order chi connectivity index (χ0) is 16.1. The van der Waals surface area contributed by atoms with E-state index in [0.29, 0.717) is 10.7 Å². The van der Waals surface area contributed by atoms with E-state index in [2.05, 4.69) is 34.6 Å². The maximum atomic E-state index is 12.2. The summed E-state index contributed by atoms with van der Waals surface area (Å²) in [6, 6.07) is 19.3. The predicted molar refractivity (Wildman–Crippen MR) is 92.9 cm³/mol. The summed E-state index contributed by atoms with van der Waals surface area (Å²) in [5, 5.41) is 12.6. The van der Waals surface area contributed by atoms with Gasteiger partial charge in [-0.1, -0.05) is 66.8 Å². The predicted octanol–water partition coefficient (Wildman–Crippen LogP) is 4.33. The molecule has 3 aromatic rings. The van der Waals surface area contributed by atoms with Crippen LogP contribution in [0, 0.1) is 0 Å². The first kappa shape index (κ1) is 15.4. The summed E-state index contributed by atoms with van der Waals surface area (Å²) >= 11 is 1.43. The Morgan fingerprint density at radius 3 is 2.35 bits per heavy atom. The number of carbonyl (C=O) groups excluding carboxylic acids is 1. The molecule has 1 heterocycles. The Bertz CT molecular complexity index is 771. The Morgan fingerprint density at radius 1 is 1.04 bits per heavy atom. The number of hydrogen-bond acceptors (Lipinski definition) is 4. The third kappa shape index (κ3) is 3.63. The van der Waals surface area contributed by atoms with Gasteiger partial charge in [0.15, 0.2) is 0 Å². The third-order valence-electron chi connectivity index (χ3n) is 3.61. The molecule has 1 atom stereocenters. The summed E-state index contributed by atoms with van der Waals surface area (Å²) in [6.07, 6.45) is 0.936. The zero-order valence-corrected chi connectivity index (χ0v) is 13.6.